The Hall–Kier alpha value is -2.73. The number of halogens is 1. The molecular formula is C21H25ClN2O4. The van der Waals surface area contributed by atoms with Crippen molar-refractivity contribution in [2.75, 3.05) is 32.6 Å². The average molecular weight is 405 g/mol. The Morgan fingerprint density at radius 1 is 1.07 bits per heavy atom. The second-order valence-corrected chi connectivity index (χ2v) is 6.95. The van der Waals surface area contributed by atoms with Crippen LogP contribution < -0.4 is 14.8 Å². The van der Waals surface area contributed by atoms with E-state index < -0.39 is 0 Å². The summed E-state index contributed by atoms with van der Waals surface area (Å²) in [5.41, 5.74) is 1.64. The van der Waals surface area contributed by atoms with Crippen LogP contribution in [0.15, 0.2) is 42.5 Å². The molecule has 2 aromatic rings. The van der Waals surface area contributed by atoms with Crippen LogP contribution in [-0.4, -0.2) is 44.0 Å². The van der Waals surface area contributed by atoms with E-state index in [4.69, 9.17) is 21.1 Å². The van der Waals surface area contributed by atoms with Crippen LogP contribution in [0.1, 0.15) is 18.4 Å². The molecule has 2 rings (SSSR count). The van der Waals surface area contributed by atoms with Crippen molar-refractivity contribution >= 4 is 29.1 Å². The number of benzene rings is 2. The van der Waals surface area contributed by atoms with Gasteiger partial charge in [0, 0.05) is 31.2 Å². The van der Waals surface area contributed by atoms with Gasteiger partial charge in [-0.3, -0.25) is 9.59 Å². The van der Waals surface area contributed by atoms with Crippen molar-refractivity contribution in [1.82, 2.24) is 4.90 Å². The van der Waals surface area contributed by atoms with Gasteiger partial charge in [-0.25, -0.2) is 0 Å². The minimum absolute atomic E-state index is 0.0220. The molecule has 0 spiro atoms. The van der Waals surface area contributed by atoms with Crippen LogP contribution in [0.2, 0.25) is 5.02 Å². The summed E-state index contributed by atoms with van der Waals surface area (Å²) in [6, 6.07) is 12.3. The molecule has 150 valence electrons. The van der Waals surface area contributed by atoms with Crippen molar-refractivity contribution in [2.24, 2.45) is 0 Å². The molecule has 0 radical (unpaired) electrons. The fourth-order valence-corrected chi connectivity index (χ4v) is 2.55. The number of carbonyl (C=O) groups excluding carboxylic acids is 2. The summed E-state index contributed by atoms with van der Waals surface area (Å²) in [6.07, 6.45) is 0.948. The van der Waals surface area contributed by atoms with E-state index in [1.165, 1.54) is 4.90 Å². The minimum Gasteiger partial charge on any atom is -0.493 e. The van der Waals surface area contributed by atoms with Crippen molar-refractivity contribution in [3.63, 3.8) is 0 Å². The van der Waals surface area contributed by atoms with Crippen molar-refractivity contribution < 1.29 is 19.1 Å². The molecule has 28 heavy (non-hydrogen) atoms. The fourth-order valence-electron chi connectivity index (χ4n) is 2.32. The first-order chi connectivity index (χ1) is 13.3. The van der Waals surface area contributed by atoms with Crippen LogP contribution in [0.5, 0.6) is 11.5 Å². The third-order valence-electron chi connectivity index (χ3n) is 3.94. The van der Waals surface area contributed by atoms with Gasteiger partial charge in [0.05, 0.1) is 6.61 Å². The van der Waals surface area contributed by atoms with Crippen LogP contribution in [0.3, 0.4) is 0 Å². The first-order valence-electron chi connectivity index (χ1n) is 8.97. The number of nitrogens with one attached hydrogen (secondary N) is 1. The van der Waals surface area contributed by atoms with Gasteiger partial charge in [0.1, 0.15) is 11.5 Å². The fraction of sp³-hybridized carbons (Fsp3) is 0.333. The highest BCUT2D eigenvalue weighted by molar-refractivity contribution is 6.30. The van der Waals surface area contributed by atoms with Gasteiger partial charge in [0.2, 0.25) is 5.91 Å². The second-order valence-electron chi connectivity index (χ2n) is 6.51. The lowest BCUT2D eigenvalue weighted by atomic mass is 10.2. The van der Waals surface area contributed by atoms with E-state index in [1.807, 2.05) is 19.1 Å². The Kier molecular flexibility index (Phi) is 8.14. The number of nitrogens with zero attached hydrogens (tertiary/aromatic N) is 1. The number of hydrogen-bond donors (Lipinski definition) is 1. The highest BCUT2D eigenvalue weighted by Gasteiger charge is 2.07. The van der Waals surface area contributed by atoms with Gasteiger partial charge in [-0.05, 0) is 61.4 Å². The van der Waals surface area contributed by atoms with Gasteiger partial charge >= 0.3 is 0 Å². The average Bonchev–Trinajstić information content (AvgIpc) is 2.65. The van der Waals surface area contributed by atoms with E-state index in [1.54, 1.807) is 44.4 Å². The molecule has 1 N–H and O–H groups in total. The van der Waals surface area contributed by atoms with E-state index in [9.17, 15) is 9.59 Å². The molecule has 0 saturated heterocycles. The number of carbonyl (C=O) groups is 2. The zero-order valence-corrected chi connectivity index (χ0v) is 17.1. The first kappa shape index (κ1) is 21.6. The maximum absolute atomic E-state index is 12.0. The van der Waals surface area contributed by atoms with Gasteiger partial charge in [-0.1, -0.05) is 11.6 Å². The maximum atomic E-state index is 12.0. The summed E-state index contributed by atoms with van der Waals surface area (Å²) < 4.78 is 11.1. The summed E-state index contributed by atoms with van der Waals surface area (Å²) in [6.45, 7) is 2.35. The van der Waals surface area contributed by atoms with E-state index >= 15 is 0 Å². The normalized spacial score (nSPS) is 10.3. The zero-order chi connectivity index (χ0) is 20.5. The number of anilines is 1. The molecule has 0 aromatic heterocycles. The molecule has 0 fully saturated rings. The van der Waals surface area contributed by atoms with E-state index in [0.29, 0.717) is 35.9 Å². The molecule has 2 aromatic carbocycles. The Bertz CT molecular complexity index is 807. The SMILES string of the molecule is Cc1cc(Cl)ccc1OCCCC(=O)Nc1ccc(OCC(=O)N(C)C)cc1. The predicted molar refractivity (Wildman–Crippen MR) is 110 cm³/mol. The van der Waals surface area contributed by atoms with Crippen molar-refractivity contribution in [1.29, 1.82) is 0 Å². The number of likely N-dealkylation sites (N-methyl/N-ethyl adjacent to an activating group) is 1. The van der Waals surface area contributed by atoms with Crippen molar-refractivity contribution in [2.45, 2.75) is 19.8 Å². The number of ether oxygens (including phenoxy) is 2. The third kappa shape index (κ3) is 7.12. The zero-order valence-electron chi connectivity index (χ0n) is 16.3. The molecular weight excluding hydrogens is 380 g/mol. The maximum Gasteiger partial charge on any atom is 0.259 e. The minimum atomic E-state index is -0.117. The van der Waals surface area contributed by atoms with Crippen molar-refractivity contribution in [3.05, 3.63) is 53.1 Å². The third-order valence-corrected chi connectivity index (χ3v) is 4.18. The predicted octanol–water partition coefficient (Wildman–Crippen LogP) is 3.91. The van der Waals surface area contributed by atoms with Crippen LogP contribution >= 0.6 is 11.6 Å². The lowest BCUT2D eigenvalue weighted by molar-refractivity contribution is -0.130. The van der Waals surface area contributed by atoms with Crippen molar-refractivity contribution in [3.8, 4) is 11.5 Å². The molecule has 0 unspecified atom stereocenters. The molecule has 0 aliphatic heterocycles. The van der Waals surface area contributed by atoms with E-state index in [0.717, 1.165) is 11.3 Å². The lowest BCUT2D eigenvalue weighted by Gasteiger charge is -2.12. The molecule has 0 bridgehead atoms. The second kappa shape index (κ2) is 10.6. The molecule has 0 heterocycles. The molecule has 0 aliphatic rings. The molecule has 0 aliphatic carbocycles. The first-order valence-corrected chi connectivity index (χ1v) is 9.35. The van der Waals surface area contributed by atoms with Gasteiger partial charge in [0.25, 0.3) is 5.91 Å². The number of amides is 2. The summed E-state index contributed by atoms with van der Waals surface area (Å²) in [4.78, 5) is 25.0. The summed E-state index contributed by atoms with van der Waals surface area (Å²) >= 11 is 5.92. The van der Waals surface area contributed by atoms with Crippen LogP contribution in [0.4, 0.5) is 5.69 Å². The topological polar surface area (TPSA) is 67.9 Å². The molecule has 0 saturated carbocycles. The highest BCUT2D eigenvalue weighted by atomic mass is 35.5. The molecule has 0 atom stereocenters. The van der Waals surface area contributed by atoms with Gasteiger partial charge < -0.3 is 19.7 Å². The van der Waals surface area contributed by atoms with Crippen LogP contribution in [0.25, 0.3) is 0 Å². The smallest absolute Gasteiger partial charge is 0.259 e. The number of hydrogen-bond acceptors (Lipinski definition) is 4. The lowest BCUT2D eigenvalue weighted by Crippen LogP contribution is -2.27. The Morgan fingerprint density at radius 2 is 1.79 bits per heavy atom. The summed E-state index contributed by atoms with van der Waals surface area (Å²) in [5, 5.41) is 3.50. The van der Waals surface area contributed by atoms with Crippen LogP contribution in [-0.2, 0) is 9.59 Å². The molecule has 7 heteroatoms. The van der Waals surface area contributed by atoms with Gasteiger partial charge in [-0.2, -0.15) is 0 Å². The Labute approximate surface area is 170 Å². The van der Waals surface area contributed by atoms with Gasteiger partial charge in [0.15, 0.2) is 6.61 Å². The summed E-state index contributed by atoms with van der Waals surface area (Å²) in [7, 11) is 3.35. The Morgan fingerprint density at radius 3 is 2.43 bits per heavy atom. The summed E-state index contributed by atoms with van der Waals surface area (Å²) in [5.74, 6) is 1.13. The van der Waals surface area contributed by atoms with Gasteiger partial charge in [-0.15, -0.1) is 0 Å². The standard InChI is InChI=1S/C21H25ClN2O4/c1-15-13-16(22)6-11-19(15)27-12-4-5-20(25)23-17-7-9-18(10-8-17)28-14-21(26)24(2)3/h6-11,13H,4-5,12,14H2,1-3H3,(H,23,25). The number of aryl methyl sites for hydroxylation is 1. The van der Waals surface area contributed by atoms with E-state index in [-0.39, 0.29) is 18.4 Å². The molecule has 2 amide bonds. The van der Waals surface area contributed by atoms with Crippen LogP contribution in [0, 0.1) is 6.92 Å². The quantitative estimate of drug-likeness (QED) is 0.643. The Balaban J connectivity index is 1.70. The highest BCUT2D eigenvalue weighted by Crippen LogP contribution is 2.22. The monoisotopic (exact) mass is 404 g/mol. The number of rotatable bonds is 9. The largest absolute Gasteiger partial charge is 0.493 e. The van der Waals surface area contributed by atoms with E-state index in [2.05, 4.69) is 5.32 Å². The molecule has 6 nitrogen and oxygen atoms in total.